The number of carbonyl (C=O) groups is 1. The van der Waals surface area contributed by atoms with Gasteiger partial charge in [-0.1, -0.05) is 49.0 Å². The molecule has 4 rings (SSSR count). The number of rotatable bonds is 8. The van der Waals surface area contributed by atoms with Crippen LogP contribution >= 0.6 is 34.4 Å². The van der Waals surface area contributed by atoms with Crippen LogP contribution < -0.4 is 5.32 Å². The van der Waals surface area contributed by atoms with Crippen molar-refractivity contribution in [3.05, 3.63) is 51.5 Å². The SMILES string of the molecule is CCc1c(-c2nnc(SCC(=O)Nc3nc(-c4ccccc4)cs3)n2CC)csc1C. The maximum absolute atomic E-state index is 12.5. The van der Waals surface area contributed by atoms with Crippen molar-refractivity contribution >= 4 is 45.5 Å². The van der Waals surface area contributed by atoms with Crippen LogP contribution in [0.3, 0.4) is 0 Å². The van der Waals surface area contributed by atoms with Crippen molar-refractivity contribution in [3.63, 3.8) is 0 Å². The number of thioether (sulfide) groups is 1. The van der Waals surface area contributed by atoms with Gasteiger partial charge in [-0.05, 0) is 25.8 Å². The molecule has 9 heteroatoms. The van der Waals surface area contributed by atoms with Crippen molar-refractivity contribution in [1.82, 2.24) is 19.7 Å². The van der Waals surface area contributed by atoms with Gasteiger partial charge in [0, 0.05) is 33.3 Å². The first-order valence-corrected chi connectivity index (χ1v) is 12.8. The van der Waals surface area contributed by atoms with E-state index in [1.807, 2.05) is 35.7 Å². The minimum absolute atomic E-state index is 0.105. The zero-order valence-electron chi connectivity index (χ0n) is 17.6. The summed E-state index contributed by atoms with van der Waals surface area (Å²) >= 11 is 4.56. The number of nitrogens with zero attached hydrogens (tertiary/aromatic N) is 4. The molecule has 31 heavy (non-hydrogen) atoms. The van der Waals surface area contributed by atoms with E-state index in [0.29, 0.717) is 5.13 Å². The van der Waals surface area contributed by atoms with Gasteiger partial charge in [-0.3, -0.25) is 4.79 Å². The number of hydrogen-bond donors (Lipinski definition) is 1. The maximum atomic E-state index is 12.5. The third kappa shape index (κ3) is 4.73. The van der Waals surface area contributed by atoms with E-state index < -0.39 is 0 Å². The molecule has 4 aromatic rings. The monoisotopic (exact) mass is 469 g/mol. The van der Waals surface area contributed by atoms with E-state index in [1.165, 1.54) is 33.5 Å². The molecular weight excluding hydrogens is 446 g/mol. The van der Waals surface area contributed by atoms with Gasteiger partial charge in [-0.15, -0.1) is 32.9 Å². The van der Waals surface area contributed by atoms with Crippen LogP contribution in [0.4, 0.5) is 5.13 Å². The standard InChI is InChI=1S/C22H23N5OS3/c1-4-16-14(3)29-11-17(16)20-25-26-22(27(20)5-2)31-13-19(28)24-21-23-18(12-30-21)15-9-7-6-8-10-15/h6-12H,4-5,13H2,1-3H3,(H,23,24,28). The van der Waals surface area contributed by atoms with Gasteiger partial charge in [0.2, 0.25) is 5.91 Å². The summed E-state index contributed by atoms with van der Waals surface area (Å²) in [6, 6.07) is 9.93. The van der Waals surface area contributed by atoms with Crippen LogP contribution in [0, 0.1) is 6.92 Å². The van der Waals surface area contributed by atoms with Gasteiger partial charge in [0.05, 0.1) is 11.4 Å². The number of thiophene rings is 1. The molecule has 0 aliphatic heterocycles. The van der Waals surface area contributed by atoms with E-state index >= 15 is 0 Å². The van der Waals surface area contributed by atoms with Crippen LogP contribution in [0.25, 0.3) is 22.6 Å². The summed E-state index contributed by atoms with van der Waals surface area (Å²) in [7, 11) is 0. The van der Waals surface area contributed by atoms with Crippen molar-refractivity contribution in [2.24, 2.45) is 0 Å². The Morgan fingerprint density at radius 3 is 2.68 bits per heavy atom. The molecule has 1 amide bonds. The fourth-order valence-electron chi connectivity index (χ4n) is 3.34. The third-order valence-corrected chi connectivity index (χ3v) is 7.56. The summed E-state index contributed by atoms with van der Waals surface area (Å²) in [6.45, 7) is 7.12. The van der Waals surface area contributed by atoms with Crippen molar-refractivity contribution in [1.29, 1.82) is 0 Å². The first-order valence-electron chi connectivity index (χ1n) is 10.0. The highest BCUT2D eigenvalue weighted by atomic mass is 32.2. The Balaban J connectivity index is 1.42. The minimum atomic E-state index is -0.105. The molecule has 0 saturated carbocycles. The van der Waals surface area contributed by atoms with Crippen LogP contribution in [-0.4, -0.2) is 31.4 Å². The normalized spacial score (nSPS) is 11.1. The van der Waals surface area contributed by atoms with Crippen molar-refractivity contribution in [2.75, 3.05) is 11.1 Å². The Morgan fingerprint density at radius 1 is 1.13 bits per heavy atom. The lowest BCUT2D eigenvalue weighted by Gasteiger charge is -2.08. The molecule has 160 valence electrons. The van der Waals surface area contributed by atoms with E-state index in [2.05, 4.69) is 51.2 Å². The highest BCUT2D eigenvalue weighted by Gasteiger charge is 2.19. The summed E-state index contributed by atoms with van der Waals surface area (Å²) in [5.41, 5.74) is 4.36. The van der Waals surface area contributed by atoms with E-state index in [-0.39, 0.29) is 11.7 Å². The second-order valence-electron chi connectivity index (χ2n) is 6.83. The number of aromatic nitrogens is 4. The maximum Gasteiger partial charge on any atom is 0.236 e. The number of amides is 1. The Morgan fingerprint density at radius 2 is 1.94 bits per heavy atom. The van der Waals surface area contributed by atoms with Gasteiger partial charge in [0.1, 0.15) is 0 Å². The minimum Gasteiger partial charge on any atom is -0.302 e. The average molecular weight is 470 g/mol. The van der Waals surface area contributed by atoms with Crippen LogP contribution in [0.15, 0.2) is 46.2 Å². The highest BCUT2D eigenvalue weighted by Crippen LogP contribution is 2.32. The quantitative estimate of drug-likeness (QED) is 0.333. The van der Waals surface area contributed by atoms with Gasteiger partial charge in [-0.2, -0.15) is 0 Å². The molecule has 0 fully saturated rings. The zero-order chi connectivity index (χ0) is 21.8. The van der Waals surface area contributed by atoms with Crippen LogP contribution in [0.5, 0.6) is 0 Å². The summed E-state index contributed by atoms with van der Waals surface area (Å²) in [4.78, 5) is 18.3. The molecule has 0 saturated heterocycles. The topological polar surface area (TPSA) is 72.7 Å². The molecule has 0 atom stereocenters. The average Bonchev–Trinajstić information content (AvgIpc) is 3.50. The molecule has 3 heterocycles. The Kier molecular flexibility index (Phi) is 6.84. The Labute approximate surface area is 193 Å². The number of aryl methyl sites for hydroxylation is 1. The van der Waals surface area contributed by atoms with Gasteiger partial charge in [0.25, 0.3) is 0 Å². The zero-order valence-corrected chi connectivity index (χ0v) is 20.0. The molecule has 1 aromatic carbocycles. The molecule has 1 N–H and O–H groups in total. The van der Waals surface area contributed by atoms with Gasteiger partial charge in [0.15, 0.2) is 16.1 Å². The van der Waals surface area contributed by atoms with E-state index in [1.54, 1.807) is 11.3 Å². The molecule has 0 radical (unpaired) electrons. The van der Waals surface area contributed by atoms with E-state index in [0.717, 1.165) is 40.8 Å². The number of hydrogen-bond acceptors (Lipinski definition) is 7. The van der Waals surface area contributed by atoms with Gasteiger partial charge >= 0.3 is 0 Å². The first kappa shape index (κ1) is 21.7. The summed E-state index contributed by atoms with van der Waals surface area (Å²) in [6.07, 6.45) is 0.963. The number of benzene rings is 1. The molecule has 0 spiro atoms. The Bertz CT molecular complexity index is 1180. The summed E-state index contributed by atoms with van der Waals surface area (Å²) < 4.78 is 2.08. The molecule has 0 aliphatic rings. The fourth-order valence-corrected chi connectivity index (χ4v) is 5.82. The number of carbonyl (C=O) groups excluding carboxylic acids is 1. The largest absolute Gasteiger partial charge is 0.302 e. The van der Waals surface area contributed by atoms with E-state index in [9.17, 15) is 4.79 Å². The van der Waals surface area contributed by atoms with Crippen molar-refractivity contribution in [2.45, 2.75) is 38.9 Å². The van der Waals surface area contributed by atoms with Crippen LogP contribution in [0.1, 0.15) is 24.3 Å². The smallest absolute Gasteiger partial charge is 0.236 e. The lowest BCUT2D eigenvalue weighted by Crippen LogP contribution is -2.14. The summed E-state index contributed by atoms with van der Waals surface area (Å²) in [5, 5.41) is 17.1. The lowest BCUT2D eigenvalue weighted by molar-refractivity contribution is -0.113. The molecule has 0 bridgehead atoms. The van der Waals surface area contributed by atoms with Crippen molar-refractivity contribution < 1.29 is 4.79 Å². The predicted molar refractivity (Wildman–Crippen MR) is 130 cm³/mol. The number of anilines is 1. The van der Waals surface area contributed by atoms with Gasteiger partial charge < -0.3 is 9.88 Å². The van der Waals surface area contributed by atoms with Gasteiger partial charge in [-0.25, -0.2) is 4.98 Å². The third-order valence-electron chi connectivity index (χ3n) is 4.88. The van der Waals surface area contributed by atoms with Crippen molar-refractivity contribution in [3.8, 4) is 22.6 Å². The second-order valence-corrected chi connectivity index (χ2v) is 9.71. The van der Waals surface area contributed by atoms with Crippen LogP contribution in [0.2, 0.25) is 0 Å². The lowest BCUT2D eigenvalue weighted by atomic mass is 10.1. The molecule has 0 aliphatic carbocycles. The molecule has 6 nitrogen and oxygen atoms in total. The fraction of sp³-hybridized carbons (Fsp3) is 0.273. The molecule has 0 unspecified atom stereocenters. The first-order chi connectivity index (χ1) is 15.1. The number of thiazole rings is 1. The molecular formula is C22H23N5OS3. The molecule has 3 aromatic heterocycles. The number of nitrogens with one attached hydrogen (secondary N) is 1. The second kappa shape index (κ2) is 9.76. The van der Waals surface area contributed by atoms with E-state index in [4.69, 9.17) is 0 Å². The Hall–Kier alpha value is -2.49. The summed E-state index contributed by atoms with van der Waals surface area (Å²) in [5.74, 6) is 1.02. The highest BCUT2D eigenvalue weighted by molar-refractivity contribution is 7.99. The van der Waals surface area contributed by atoms with Crippen LogP contribution in [-0.2, 0) is 17.8 Å². The predicted octanol–water partition coefficient (Wildman–Crippen LogP) is 5.75.